The average molecular weight is 191 g/mol. The van der Waals surface area contributed by atoms with Crippen LogP contribution < -0.4 is 5.73 Å². The summed E-state index contributed by atoms with van der Waals surface area (Å²) in [7, 11) is 0. The Morgan fingerprint density at radius 1 is 1.57 bits per heavy atom. The molecule has 5 nitrogen and oxygen atoms in total. The fourth-order valence-electron chi connectivity index (χ4n) is 1.40. The molecule has 0 aliphatic carbocycles. The van der Waals surface area contributed by atoms with Gasteiger partial charge < -0.3 is 10.7 Å². The van der Waals surface area contributed by atoms with Crippen LogP contribution >= 0.6 is 0 Å². The summed E-state index contributed by atoms with van der Waals surface area (Å²) >= 11 is 0. The normalized spacial score (nSPS) is 13.3. The van der Waals surface area contributed by atoms with E-state index in [1.54, 1.807) is 6.20 Å². The fourth-order valence-corrected chi connectivity index (χ4v) is 1.40. The van der Waals surface area contributed by atoms with Crippen molar-refractivity contribution in [3.8, 4) is 0 Å². The summed E-state index contributed by atoms with van der Waals surface area (Å²) in [5.74, 6) is 1.28. The van der Waals surface area contributed by atoms with E-state index in [1.165, 1.54) is 6.33 Å². The smallest absolute Gasteiger partial charge is 0.180 e. The standard InChI is InChI=1S/C9H13N5/c1-6(2-3-10)8-13-7-4-11-5-12-9(7)14-8/h4-6H,2-3,10H2,1H3,(H,11,12,13,14). The van der Waals surface area contributed by atoms with Gasteiger partial charge in [-0.25, -0.2) is 15.0 Å². The van der Waals surface area contributed by atoms with Gasteiger partial charge in [0.15, 0.2) is 5.65 Å². The molecule has 2 heterocycles. The maximum absolute atomic E-state index is 5.49. The number of nitrogens with one attached hydrogen (secondary N) is 1. The monoisotopic (exact) mass is 191 g/mol. The van der Waals surface area contributed by atoms with Crippen molar-refractivity contribution in [3.63, 3.8) is 0 Å². The average Bonchev–Trinajstić information content (AvgIpc) is 2.61. The lowest BCUT2D eigenvalue weighted by molar-refractivity contribution is 0.657. The van der Waals surface area contributed by atoms with Crippen molar-refractivity contribution in [2.45, 2.75) is 19.3 Å². The first-order chi connectivity index (χ1) is 6.81. The van der Waals surface area contributed by atoms with Gasteiger partial charge in [-0.3, -0.25) is 0 Å². The van der Waals surface area contributed by atoms with Crippen LogP contribution in [0.4, 0.5) is 0 Å². The Kier molecular flexibility index (Phi) is 2.41. The first-order valence-corrected chi connectivity index (χ1v) is 4.67. The fraction of sp³-hybridized carbons (Fsp3) is 0.444. The van der Waals surface area contributed by atoms with Crippen LogP contribution in [0.1, 0.15) is 25.1 Å². The van der Waals surface area contributed by atoms with Gasteiger partial charge in [0.25, 0.3) is 0 Å². The molecule has 0 aliphatic rings. The highest BCUT2D eigenvalue weighted by Crippen LogP contribution is 2.17. The quantitative estimate of drug-likeness (QED) is 0.752. The number of imidazole rings is 1. The van der Waals surface area contributed by atoms with Crippen molar-refractivity contribution >= 4 is 11.2 Å². The highest BCUT2D eigenvalue weighted by Gasteiger charge is 2.10. The Labute approximate surface area is 81.8 Å². The largest absolute Gasteiger partial charge is 0.339 e. The van der Waals surface area contributed by atoms with E-state index in [1.807, 2.05) is 0 Å². The van der Waals surface area contributed by atoms with Crippen molar-refractivity contribution in [2.75, 3.05) is 6.54 Å². The van der Waals surface area contributed by atoms with Crippen LogP contribution in [0, 0.1) is 0 Å². The lowest BCUT2D eigenvalue weighted by Crippen LogP contribution is -2.05. The number of nitrogens with zero attached hydrogens (tertiary/aromatic N) is 3. The molecule has 1 atom stereocenters. The van der Waals surface area contributed by atoms with Crippen molar-refractivity contribution in [3.05, 3.63) is 18.3 Å². The first-order valence-electron chi connectivity index (χ1n) is 4.67. The van der Waals surface area contributed by atoms with Crippen LogP contribution in [-0.4, -0.2) is 26.5 Å². The zero-order valence-corrected chi connectivity index (χ0v) is 8.07. The summed E-state index contributed by atoms with van der Waals surface area (Å²) in [6.45, 7) is 2.77. The number of fused-ring (bicyclic) bond motifs is 1. The van der Waals surface area contributed by atoms with Crippen LogP contribution in [-0.2, 0) is 0 Å². The molecule has 0 spiro atoms. The van der Waals surface area contributed by atoms with Gasteiger partial charge in [-0.1, -0.05) is 6.92 Å². The van der Waals surface area contributed by atoms with Crippen LogP contribution in [0.25, 0.3) is 11.2 Å². The number of rotatable bonds is 3. The molecule has 14 heavy (non-hydrogen) atoms. The second-order valence-electron chi connectivity index (χ2n) is 3.36. The van der Waals surface area contributed by atoms with Gasteiger partial charge in [-0.2, -0.15) is 0 Å². The molecule has 3 N–H and O–H groups in total. The van der Waals surface area contributed by atoms with E-state index in [9.17, 15) is 0 Å². The van der Waals surface area contributed by atoms with Crippen molar-refractivity contribution < 1.29 is 0 Å². The SMILES string of the molecule is CC(CCN)c1nc2ncncc2[nH]1. The molecule has 74 valence electrons. The Morgan fingerprint density at radius 3 is 3.14 bits per heavy atom. The summed E-state index contributed by atoms with van der Waals surface area (Å²) in [6, 6.07) is 0. The van der Waals surface area contributed by atoms with Crippen LogP contribution in [0.5, 0.6) is 0 Å². The molecule has 0 saturated heterocycles. The Hall–Kier alpha value is -1.49. The zero-order valence-electron chi connectivity index (χ0n) is 8.07. The third-order valence-corrected chi connectivity index (χ3v) is 2.25. The number of hydrogen-bond acceptors (Lipinski definition) is 4. The molecule has 2 aromatic heterocycles. The molecule has 2 aromatic rings. The highest BCUT2D eigenvalue weighted by atomic mass is 15.0. The summed E-state index contributed by atoms with van der Waals surface area (Å²) < 4.78 is 0. The van der Waals surface area contributed by atoms with Gasteiger partial charge in [-0.05, 0) is 13.0 Å². The highest BCUT2D eigenvalue weighted by molar-refractivity contribution is 5.68. The third kappa shape index (κ3) is 1.58. The lowest BCUT2D eigenvalue weighted by atomic mass is 10.1. The predicted octanol–water partition coefficient (Wildman–Crippen LogP) is 0.805. The Morgan fingerprint density at radius 2 is 2.43 bits per heavy atom. The summed E-state index contributed by atoms with van der Waals surface area (Å²) in [6.07, 6.45) is 4.15. The number of aromatic nitrogens is 4. The molecular formula is C9H13N5. The van der Waals surface area contributed by atoms with E-state index in [0.717, 1.165) is 23.4 Å². The summed E-state index contributed by atoms with van der Waals surface area (Å²) in [5.41, 5.74) is 7.09. The molecular weight excluding hydrogens is 178 g/mol. The van der Waals surface area contributed by atoms with Crippen LogP contribution in [0.2, 0.25) is 0 Å². The summed E-state index contributed by atoms with van der Waals surface area (Å²) in [4.78, 5) is 15.5. The van der Waals surface area contributed by atoms with E-state index >= 15 is 0 Å². The first kappa shape index (κ1) is 9.08. The molecule has 0 radical (unpaired) electrons. The van der Waals surface area contributed by atoms with E-state index in [4.69, 9.17) is 5.73 Å². The van der Waals surface area contributed by atoms with Crippen molar-refractivity contribution in [1.29, 1.82) is 0 Å². The van der Waals surface area contributed by atoms with Crippen molar-refractivity contribution in [2.24, 2.45) is 5.73 Å². The lowest BCUT2D eigenvalue weighted by Gasteiger charge is -2.04. The minimum Gasteiger partial charge on any atom is -0.339 e. The number of aromatic amines is 1. The molecule has 5 heteroatoms. The molecule has 0 fully saturated rings. The van der Waals surface area contributed by atoms with Gasteiger partial charge in [0.05, 0.1) is 6.20 Å². The summed E-state index contributed by atoms with van der Waals surface area (Å²) in [5, 5.41) is 0. The topological polar surface area (TPSA) is 80.5 Å². The van der Waals surface area contributed by atoms with Crippen LogP contribution in [0.15, 0.2) is 12.5 Å². The molecule has 2 rings (SSSR count). The number of H-pyrrole nitrogens is 1. The number of nitrogens with two attached hydrogens (primary N) is 1. The maximum atomic E-state index is 5.49. The zero-order chi connectivity index (χ0) is 9.97. The number of hydrogen-bond donors (Lipinski definition) is 2. The third-order valence-electron chi connectivity index (χ3n) is 2.25. The minimum absolute atomic E-state index is 0.342. The van der Waals surface area contributed by atoms with E-state index in [2.05, 4.69) is 26.9 Å². The van der Waals surface area contributed by atoms with Gasteiger partial charge in [0, 0.05) is 5.92 Å². The molecule has 0 amide bonds. The Bertz CT molecular complexity index is 389. The van der Waals surface area contributed by atoms with E-state index < -0.39 is 0 Å². The van der Waals surface area contributed by atoms with E-state index in [0.29, 0.717) is 12.5 Å². The van der Waals surface area contributed by atoms with Crippen LogP contribution in [0.3, 0.4) is 0 Å². The maximum Gasteiger partial charge on any atom is 0.180 e. The van der Waals surface area contributed by atoms with Crippen molar-refractivity contribution in [1.82, 2.24) is 19.9 Å². The predicted molar refractivity (Wildman–Crippen MR) is 53.8 cm³/mol. The second kappa shape index (κ2) is 3.71. The molecule has 0 aliphatic heterocycles. The molecule has 0 bridgehead atoms. The van der Waals surface area contributed by atoms with E-state index in [-0.39, 0.29) is 0 Å². The van der Waals surface area contributed by atoms with Gasteiger partial charge in [0.2, 0.25) is 0 Å². The molecule has 0 saturated carbocycles. The Balaban J connectivity index is 2.35. The second-order valence-corrected chi connectivity index (χ2v) is 3.36. The minimum atomic E-state index is 0.342. The molecule has 1 unspecified atom stereocenters. The van der Waals surface area contributed by atoms with Gasteiger partial charge in [-0.15, -0.1) is 0 Å². The van der Waals surface area contributed by atoms with Gasteiger partial charge in [0.1, 0.15) is 17.7 Å². The molecule has 0 aromatic carbocycles. The van der Waals surface area contributed by atoms with Gasteiger partial charge >= 0.3 is 0 Å².